The van der Waals surface area contributed by atoms with Crippen LogP contribution in [0.5, 0.6) is 0 Å². The molecule has 28 heavy (non-hydrogen) atoms. The van der Waals surface area contributed by atoms with Crippen LogP contribution in [0, 0.1) is 0 Å². The number of aliphatic hydroxyl groups excluding tert-OH is 1. The summed E-state index contributed by atoms with van der Waals surface area (Å²) in [6, 6.07) is 8.03. The van der Waals surface area contributed by atoms with E-state index < -0.39 is 31.2 Å². The number of hydrogen-bond donors (Lipinski definition) is 2. The van der Waals surface area contributed by atoms with E-state index >= 15 is 0 Å². The number of nitrogens with one attached hydrogen (secondary N) is 1. The second kappa shape index (κ2) is 8.57. The van der Waals surface area contributed by atoms with Crippen LogP contribution in [0.1, 0.15) is 17.7 Å². The smallest absolute Gasteiger partial charge is 0.315 e. The normalized spacial score (nSPS) is 16.5. The van der Waals surface area contributed by atoms with Crippen molar-refractivity contribution in [1.82, 2.24) is 9.88 Å². The minimum atomic E-state index is -3.29. The second-order valence-corrected chi connectivity index (χ2v) is 6.49. The van der Waals surface area contributed by atoms with Gasteiger partial charge in [-0.25, -0.2) is 4.39 Å². The molecule has 0 saturated carbocycles. The molecule has 1 aromatic heterocycles. The van der Waals surface area contributed by atoms with E-state index in [0.717, 1.165) is 0 Å². The van der Waals surface area contributed by atoms with Gasteiger partial charge < -0.3 is 19.7 Å². The molecule has 6 nitrogen and oxygen atoms in total. The highest BCUT2D eigenvalue weighted by Crippen LogP contribution is 2.24. The van der Waals surface area contributed by atoms with Crippen LogP contribution >= 0.6 is 0 Å². The number of nitrogens with zero attached hydrogens (tertiary/aromatic N) is 1. The Morgan fingerprint density at radius 1 is 1.21 bits per heavy atom. The van der Waals surface area contributed by atoms with Crippen molar-refractivity contribution in [3.63, 3.8) is 0 Å². The van der Waals surface area contributed by atoms with Crippen LogP contribution in [-0.4, -0.2) is 47.9 Å². The van der Waals surface area contributed by atoms with Gasteiger partial charge in [-0.3, -0.25) is 9.59 Å². The highest BCUT2D eigenvalue weighted by atomic mass is 19.3. The van der Waals surface area contributed by atoms with Crippen LogP contribution in [0.15, 0.2) is 47.4 Å². The summed E-state index contributed by atoms with van der Waals surface area (Å²) in [5.41, 5.74) is 1.44. The molecule has 2 unspecified atom stereocenters. The number of rotatable bonds is 7. The highest BCUT2D eigenvalue weighted by molar-refractivity contribution is 5.79. The maximum Gasteiger partial charge on any atom is 0.315 e. The van der Waals surface area contributed by atoms with Crippen molar-refractivity contribution in [3.05, 3.63) is 58.5 Å². The Kier molecular flexibility index (Phi) is 6.15. The third-order valence-electron chi connectivity index (χ3n) is 4.62. The van der Waals surface area contributed by atoms with E-state index in [-0.39, 0.29) is 17.2 Å². The molecule has 0 radical (unpaired) electrons. The lowest BCUT2D eigenvalue weighted by molar-refractivity contribution is -0.133. The fourth-order valence-corrected chi connectivity index (χ4v) is 2.91. The van der Waals surface area contributed by atoms with Gasteiger partial charge in [-0.15, -0.1) is 0 Å². The Bertz CT molecular complexity index is 881. The molecule has 3 rings (SSSR count). The van der Waals surface area contributed by atoms with E-state index in [1.807, 2.05) is 0 Å². The number of aromatic nitrogens is 1. The van der Waals surface area contributed by atoms with Gasteiger partial charge in [0.25, 0.3) is 11.5 Å². The van der Waals surface area contributed by atoms with Crippen LogP contribution in [0.4, 0.5) is 13.2 Å². The zero-order valence-electron chi connectivity index (χ0n) is 14.7. The summed E-state index contributed by atoms with van der Waals surface area (Å²) in [5, 5.41) is 12.0. The monoisotopic (exact) mass is 396 g/mol. The first-order valence-electron chi connectivity index (χ1n) is 8.63. The molecule has 1 aromatic carbocycles. The average Bonchev–Trinajstić information content (AvgIpc) is 2.65. The summed E-state index contributed by atoms with van der Waals surface area (Å²) in [6.45, 7) is -0.197. The number of alkyl halides is 3. The van der Waals surface area contributed by atoms with Crippen molar-refractivity contribution in [1.29, 1.82) is 0 Å². The molecule has 1 amide bonds. The molecule has 2 aromatic rings. The van der Waals surface area contributed by atoms with Gasteiger partial charge in [-0.1, -0.05) is 24.3 Å². The van der Waals surface area contributed by atoms with Crippen LogP contribution in [0.2, 0.25) is 0 Å². The standard InChI is InChI=1S/C19H19F3N2O4/c20-8-15(23-19(27)18(21)22)17(26)12-3-1-11(2-4-12)13-5-6-24(16(25)7-13)14-9-28-10-14/h1-7,14-15,17-18,26H,8-10H2,(H,23,27). The first kappa shape index (κ1) is 20.1. The Balaban J connectivity index is 1.74. The first-order chi connectivity index (χ1) is 13.4. The quantitative estimate of drug-likeness (QED) is 0.749. The number of benzene rings is 1. The van der Waals surface area contributed by atoms with Crippen LogP contribution < -0.4 is 10.9 Å². The van der Waals surface area contributed by atoms with E-state index in [1.165, 1.54) is 18.2 Å². The minimum Gasteiger partial charge on any atom is -0.386 e. The Morgan fingerprint density at radius 3 is 2.39 bits per heavy atom. The van der Waals surface area contributed by atoms with Crippen molar-refractivity contribution in [2.45, 2.75) is 24.6 Å². The number of pyridine rings is 1. The number of aliphatic hydroxyl groups is 1. The van der Waals surface area contributed by atoms with Crippen molar-refractivity contribution in [3.8, 4) is 11.1 Å². The van der Waals surface area contributed by atoms with Gasteiger partial charge in [-0.05, 0) is 22.8 Å². The molecule has 150 valence electrons. The predicted molar refractivity (Wildman–Crippen MR) is 94.9 cm³/mol. The molecule has 9 heteroatoms. The van der Waals surface area contributed by atoms with Crippen molar-refractivity contribution in [2.75, 3.05) is 19.9 Å². The summed E-state index contributed by atoms with van der Waals surface area (Å²) in [4.78, 5) is 23.3. The molecule has 1 aliphatic heterocycles. The Morgan fingerprint density at radius 2 is 1.89 bits per heavy atom. The van der Waals surface area contributed by atoms with E-state index in [1.54, 1.807) is 34.3 Å². The predicted octanol–water partition coefficient (Wildman–Crippen LogP) is 1.84. The maximum atomic E-state index is 13.1. The van der Waals surface area contributed by atoms with Gasteiger partial charge in [0.2, 0.25) is 0 Å². The molecule has 0 bridgehead atoms. The lowest BCUT2D eigenvalue weighted by Gasteiger charge is -2.27. The first-order valence-corrected chi connectivity index (χ1v) is 8.63. The van der Waals surface area contributed by atoms with Gasteiger partial charge >= 0.3 is 6.43 Å². The van der Waals surface area contributed by atoms with Crippen molar-refractivity contribution < 1.29 is 27.8 Å². The molecule has 1 fully saturated rings. The minimum absolute atomic E-state index is 0.0418. The molecule has 0 spiro atoms. The SMILES string of the molecule is O=C(NC(CF)C(O)c1ccc(-c2ccn(C3COC3)c(=O)c2)cc1)C(F)F. The third-order valence-corrected chi connectivity index (χ3v) is 4.62. The molecule has 2 atom stereocenters. The molecule has 0 aliphatic carbocycles. The topological polar surface area (TPSA) is 80.6 Å². The van der Waals surface area contributed by atoms with Crippen molar-refractivity contribution in [2.24, 2.45) is 0 Å². The summed E-state index contributed by atoms with van der Waals surface area (Å²) in [7, 11) is 0. The maximum absolute atomic E-state index is 13.1. The summed E-state index contributed by atoms with van der Waals surface area (Å²) < 4.78 is 44.4. The fourth-order valence-electron chi connectivity index (χ4n) is 2.91. The molecule has 1 aliphatic rings. The number of carbonyl (C=O) groups excluding carboxylic acids is 1. The molecular weight excluding hydrogens is 377 g/mol. The van der Waals surface area contributed by atoms with E-state index in [9.17, 15) is 27.9 Å². The van der Waals surface area contributed by atoms with Crippen molar-refractivity contribution >= 4 is 5.91 Å². The zero-order valence-corrected chi connectivity index (χ0v) is 14.7. The van der Waals surface area contributed by atoms with Crippen LogP contribution in [0.3, 0.4) is 0 Å². The molecular formula is C19H19F3N2O4. The molecule has 2 heterocycles. The van der Waals surface area contributed by atoms with E-state index in [0.29, 0.717) is 24.3 Å². The molecule has 2 N–H and O–H groups in total. The highest BCUT2D eigenvalue weighted by Gasteiger charge is 2.26. The number of carbonyl (C=O) groups is 1. The lowest BCUT2D eigenvalue weighted by Crippen LogP contribution is -2.43. The summed E-state index contributed by atoms with van der Waals surface area (Å²) in [5.74, 6) is -1.64. The van der Waals surface area contributed by atoms with Gasteiger partial charge in [0, 0.05) is 12.3 Å². The van der Waals surface area contributed by atoms with E-state index in [4.69, 9.17) is 4.74 Å². The summed E-state index contributed by atoms with van der Waals surface area (Å²) >= 11 is 0. The summed E-state index contributed by atoms with van der Waals surface area (Å²) in [6.07, 6.45) is -3.10. The van der Waals surface area contributed by atoms with E-state index in [2.05, 4.69) is 0 Å². The van der Waals surface area contributed by atoms with Gasteiger partial charge in [-0.2, -0.15) is 8.78 Å². The zero-order chi connectivity index (χ0) is 20.3. The van der Waals surface area contributed by atoms with Gasteiger partial charge in [0.05, 0.1) is 25.3 Å². The number of hydrogen-bond acceptors (Lipinski definition) is 4. The number of halogens is 3. The van der Waals surface area contributed by atoms with Crippen LogP contribution in [0.25, 0.3) is 11.1 Å². The average molecular weight is 396 g/mol. The third kappa shape index (κ3) is 4.26. The van der Waals surface area contributed by atoms with Crippen LogP contribution in [-0.2, 0) is 9.53 Å². The fraction of sp³-hybridized carbons (Fsp3) is 0.368. The Labute approximate surface area is 158 Å². The largest absolute Gasteiger partial charge is 0.386 e. The Hall–Kier alpha value is -2.65. The molecule has 1 saturated heterocycles. The second-order valence-electron chi connectivity index (χ2n) is 6.49. The number of amides is 1. The number of ether oxygens (including phenoxy) is 1. The lowest BCUT2D eigenvalue weighted by atomic mass is 9.99. The van der Waals surface area contributed by atoms with Gasteiger partial charge in [0.15, 0.2) is 0 Å². The van der Waals surface area contributed by atoms with Gasteiger partial charge in [0.1, 0.15) is 12.8 Å².